The molecule has 5 heteroatoms. The quantitative estimate of drug-likeness (QED) is 0.886. The summed E-state index contributed by atoms with van der Waals surface area (Å²) in [5.41, 5.74) is -0.756. The Morgan fingerprint density at radius 2 is 1.80 bits per heavy atom. The normalized spacial score (nSPS) is 17.5. The number of carboxylic acids is 1. The summed E-state index contributed by atoms with van der Waals surface area (Å²) in [6.07, 6.45) is 3.67. The number of hydrogen-bond donors (Lipinski definition) is 2. The monoisotopic (exact) mass is 280 g/mol. The van der Waals surface area contributed by atoms with Crippen molar-refractivity contribution in [3.8, 4) is 17.2 Å². The van der Waals surface area contributed by atoms with Crippen molar-refractivity contribution < 1.29 is 24.5 Å². The Morgan fingerprint density at radius 3 is 2.30 bits per heavy atom. The van der Waals surface area contributed by atoms with Crippen molar-refractivity contribution >= 4 is 5.97 Å². The van der Waals surface area contributed by atoms with Gasteiger partial charge in [-0.05, 0) is 25.0 Å². The number of hydrogen-bond acceptors (Lipinski definition) is 4. The number of carboxylic acid groups (broad SMARTS) is 1. The Kier molecular flexibility index (Phi) is 4.06. The molecule has 0 aromatic heterocycles. The van der Waals surface area contributed by atoms with E-state index >= 15 is 0 Å². The molecule has 1 aromatic carbocycles. The standard InChI is InChI=1S/C15H20O5/c1-19-11-7-6-10(16)12(13(11)20-2)15(14(17)18)8-4-3-5-9-15/h6-7,16H,3-5,8-9H2,1-2H3,(H,17,18). The highest BCUT2D eigenvalue weighted by atomic mass is 16.5. The lowest BCUT2D eigenvalue weighted by atomic mass is 9.68. The third-order valence-corrected chi connectivity index (χ3v) is 4.12. The zero-order valence-corrected chi connectivity index (χ0v) is 11.8. The number of benzene rings is 1. The van der Waals surface area contributed by atoms with Gasteiger partial charge in [-0.15, -0.1) is 0 Å². The molecule has 1 aliphatic carbocycles. The van der Waals surface area contributed by atoms with E-state index in [1.165, 1.54) is 20.3 Å². The number of ether oxygens (including phenoxy) is 2. The minimum absolute atomic E-state index is 0.0491. The van der Waals surface area contributed by atoms with Gasteiger partial charge in [-0.2, -0.15) is 0 Å². The van der Waals surface area contributed by atoms with Gasteiger partial charge in [0.25, 0.3) is 0 Å². The summed E-state index contributed by atoms with van der Waals surface area (Å²) < 4.78 is 10.5. The fraction of sp³-hybridized carbons (Fsp3) is 0.533. The Hall–Kier alpha value is -1.91. The molecule has 0 saturated heterocycles. The average molecular weight is 280 g/mol. The first-order valence-electron chi connectivity index (χ1n) is 6.74. The summed E-state index contributed by atoms with van der Waals surface area (Å²) in [5.74, 6) is -0.214. The van der Waals surface area contributed by atoms with Gasteiger partial charge in [0.05, 0.1) is 19.8 Å². The Morgan fingerprint density at radius 1 is 1.15 bits per heavy atom. The molecule has 0 bridgehead atoms. The second kappa shape index (κ2) is 5.61. The summed E-state index contributed by atoms with van der Waals surface area (Å²) in [7, 11) is 2.95. The molecule has 1 fully saturated rings. The number of carbonyl (C=O) groups is 1. The lowest BCUT2D eigenvalue weighted by Crippen LogP contribution is -2.38. The zero-order chi connectivity index (χ0) is 14.8. The molecule has 2 rings (SSSR count). The largest absolute Gasteiger partial charge is 0.507 e. The van der Waals surface area contributed by atoms with Crippen LogP contribution in [0.1, 0.15) is 37.7 Å². The van der Waals surface area contributed by atoms with Crippen LogP contribution in [0.5, 0.6) is 17.2 Å². The van der Waals surface area contributed by atoms with E-state index in [0.29, 0.717) is 29.9 Å². The predicted molar refractivity (Wildman–Crippen MR) is 73.6 cm³/mol. The highest BCUT2D eigenvalue weighted by Gasteiger charge is 2.46. The van der Waals surface area contributed by atoms with E-state index in [9.17, 15) is 15.0 Å². The van der Waals surface area contributed by atoms with Crippen LogP contribution in [-0.2, 0) is 10.2 Å². The molecule has 1 aliphatic rings. The van der Waals surface area contributed by atoms with Crippen molar-refractivity contribution in [3.63, 3.8) is 0 Å². The molecule has 0 spiro atoms. The SMILES string of the molecule is COc1ccc(O)c(C2(C(=O)O)CCCCC2)c1OC. The molecule has 0 aliphatic heterocycles. The maximum atomic E-state index is 11.9. The predicted octanol–water partition coefficient (Wildman–Crippen LogP) is 2.70. The average Bonchev–Trinajstić information content (AvgIpc) is 2.47. The fourth-order valence-electron chi connectivity index (χ4n) is 3.11. The van der Waals surface area contributed by atoms with Gasteiger partial charge < -0.3 is 19.7 Å². The van der Waals surface area contributed by atoms with Crippen molar-refractivity contribution in [1.29, 1.82) is 0 Å². The Labute approximate surface area is 118 Å². The van der Waals surface area contributed by atoms with Crippen LogP contribution in [-0.4, -0.2) is 30.4 Å². The van der Waals surface area contributed by atoms with Gasteiger partial charge in [0.2, 0.25) is 0 Å². The van der Waals surface area contributed by atoms with E-state index in [1.54, 1.807) is 6.07 Å². The molecule has 2 N–H and O–H groups in total. The van der Waals surface area contributed by atoms with Crippen LogP contribution in [0.2, 0.25) is 0 Å². The van der Waals surface area contributed by atoms with Crippen molar-refractivity contribution in [2.75, 3.05) is 14.2 Å². The third kappa shape index (κ3) is 2.17. The van der Waals surface area contributed by atoms with E-state index in [-0.39, 0.29) is 5.75 Å². The highest BCUT2D eigenvalue weighted by Crippen LogP contribution is 2.50. The van der Waals surface area contributed by atoms with Crippen LogP contribution in [0.3, 0.4) is 0 Å². The topological polar surface area (TPSA) is 76.0 Å². The molecule has 1 saturated carbocycles. The smallest absolute Gasteiger partial charge is 0.314 e. The van der Waals surface area contributed by atoms with Crippen LogP contribution in [0.25, 0.3) is 0 Å². The molecule has 0 atom stereocenters. The molecular formula is C15H20O5. The molecule has 1 aromatic rings. The van der Waals surface area contributed by atoms with E-state index in [2.05, 4.69) is 0 Å². The first-order chi connectivity index (χ1) is 9.56. The number of phenolic OH excluding ortho intramolecular Hbond substituents is 1. The summed E-state index contributed by atoms with van der Waals surface area (Å²) >= 11 is 0. The minimum atomic E-state index is -1.10. The summed E-state index contributed by atoms with van der Waals surface area (Å²) in [5, 5.41) is 20.0. The molecule has 0 radical (unpaired) electrons. The van der Waals surface area contributed by atoms with Gasteiger partial charge in [0.15, 0.2) is 11.5 Å². The van der Waals surface area contributed by atoms with Gasteiger partial charge in [0, 0.05) is 0 Å². The van der Waals surface area contributed by atoms with Gasteiger partial charge in [-0.3, -0.25) is 4.79 Å². The van der Waals surface area contributed by atoms with Crippen LogP contribution >= 0.6 is 0 Å². The van der Waals surface area contributed by atoms with Gasteiger partial charge >= 0.3 is 5.97 Å². The van der Waals surface area contributed by atoms with Gasteiger partial charge in [-0.25, -0.2) is 0 Å². The van der Waals surface area contributed by atoms with E-state index in [1.807, 2.05) is 0 Å². The first kappa shape index (κ1) is 14.5. The first-order valence-corrected chi connectivity index (χ1v) is 6.74. The Bertz CT molecular complexity index is 503. The van der Waals surface area contributed by atoms with Gasteiger partial charge in [0.1, 0.15) is 11.2 Å². The number of aromatic hydroxyl groups is 1. The lowest BCUT2D eigenvalue weighted by Gasteiger charge is -2.35. The van der Waals surface area contributed by atoms with Crippen LogP contribution in [0.4, 0.5) is 0 Å². The van der Waals surface area contributed by atoms with E-state index < -0.39 is 11.4 Å². The molecule has 110 valence electrons. The van der Waals surface area contributed by atoms with Gasteiger partial charge in [-0.1, -0.05) is 19.3 Å². The summed E-state index contributed by atoms with van der Waals surface area (Å²) in [4.78, 5) is 11.9. The summed E-state index contributed by atoms with van der Waals surface area (Å²) in [6, 6.07) is 3.05. The Balaban J connectivity index is 2.67. The second-order valence-corrected chi connectivity index (χ2v) is 5.14. The number of rotatable bonds is 4. The minimum Gasteiger partial charge on any atom is -0.507 e. The lowest BCUT2D eigenvalue weighted by molar-refractivity contribution is -0.145. The maximum Gasteiger partial charge on any atom is 0.314 e. The third-order valence-electron chi connectivity index (χ3n) is 4.12. The van der Waals surface area contributed by atoms with Crippen LogP contribution in [0.15, 0.2) is 12.1 Å². The maximum absolute atomic E-state index is 11.9. The molecule has 20 heavy (non-hydrogen) atoms. The zero-order valence-electron chi connectivity index (χ0n) is 11.8. The van der Waals surface area contributed by atoms with Crippen molar-refractivity contribution in [1.82, 2.24) is 0 Å². The molecule has 5 nitrogen and oxygen atoms in total. The fourth-order valence-corrected chi connectivity index (χ4v) is 3.11. The van der Waals surface area contributed by atoms with E-state index in [4.69, 9.17) is 9.47 Å². The number of aliphatic carboxylic acids is 1. The molecule has 0 heterocycles. The van der Waals surface area contributed by atoms with Crippen molar-refractivity contribution in [3.05, 3.63) is 17.7 Å². The van der Waals surface area contributed by atoms with Crippen molar-refractivity contribution in [2.45, 2.75) is 37.5 Å². The van der Waals surface area contributed by atoms with E-state index in [0.717, 1.165) is 19.3 Å². The number of methoxy groups -OCH3 is 2. The molecule has 0 unspecified atom stereocenters. The number of phenols is 1. The highest BCUT2D eigenvalue weighted by molar-refractivity contribution is 5.84. The summed E-state index contributed by atoms with van der Waals surface area (Å²) in [6.45, 7) is 0. The second-order valence-electron chi connectivity index (χ2n) is 5.14. The van der Waals surface area contributed by atoms with Crippen LogP contribution < -0.4 is 9.47 Å². The van der Waals surface area contributed by atoms with Crippen molar-refractivity contribution in [2.24, 2.45) is 0 Å². The molecule has 0 amide bonds. The van der Waals surface area contributed by atoms with Crippen LogP contribution in [0, 0.1) is 0 Å². The molecular weight excluding hydrogens is 260 g/mol.